The SMILES string of the molecule is O=S(=O)(NCC1(CCl)CC1)c1cccs1. The molecule has 1 N–H and O–H groups in total. The van der Waals surface area contributed by atoms with Crippen LogP contribution in [-0.4, -0.2) is 20.8 Å². The summed E-state index contributed by atoms with van der Waals surface area (Å²) in [7, 11) is -3.31. The number of sulfonamides is 1. The molecule has 0 unspecified atom stereocenters. The van der Waals surface area contributed by atoms with Crippen molar-refractivity contribution in [1.82, 2.24) is 4.72 Å². The molecule has 0 amide bonds. The molecule has 1 aromatic rings. The molecule has 0 aliphatic heterocycles. The lowest BCUT2D eigenvalue weighted by atomic mass is 10.1. The highest BCUT2D eigenvalue weighted by Gasteiger charge is 2.42. The van der Waals surface area contributed by atoms with Gasteiger partial charge in [-0.3, -0.25) is 0 Å². The first kappa shape index (κ1) is 11.4. The number of hydrogen-bond acceptors (Lipinski definition) is 3. The van der Waals surface area contributed by atoms with Gasteiger partial charge in [-0.25, -0.2) is 13.1 Å². The molecule has 1 aliphatic carbocycles. The van der Waals surface area contributed by atoms with Crippen LogP contribution in [0.15, 0.2) is 21.7 Å². The third kappa shape index (κ3) is 2.53. The Kier molecular flexibility index (Phi) is 3.07. The molecule has 0 spiro atoms. The zero-order chi connectivity index (χ0) is 10.9. The highest BCUT2D eigenvalue weighted by atomic mass is 35.5. The lowest BCUT2D eigenvalue weighted by Crippen LogP contribution is -2.30. The van der Waals surface area contributed by atoms with Crippen molar-refractivity contribution in [3.8, 4) is 0 Å². The van der Waals surface area contributed by atoms with E-state index in [4.69, 9.17) is 11.6 Å². The van der Waals surface area contributed by atoms with E-state index in [0.29, 0.717) is 16.6 Å². The van der Waals surface area contributed by atoms with Crippen LogP contribution in [0, 0.1) is 5.41 Å². The molecule has 15 heavy (non-hydrogen) atoms. The second kappa shape index (κ2) is 4.05. The Morgan fingerprint density at radius 2 is 2.27 bits per heavy atom. The van der Waals surface area contributed by atoms with Crippen LogP contribution in [0.3, 0.4) is 0 Å². The number of halogens is 1. The van der Waals surface area contributed by atoms with Gasteiger partial charge in [0.05, 0.1) is 0 Å². The van der Waals surface area contributed by atoms with Crippen LogP contribution in [0.4, 0.5) is 0 Å². The summed E-state index contributed by atoms with van der Waals surface area (Å²) in [6, 6.07) is 3.33. The number of thiophene rings is 1. The Labute approximate surface area is 98.5 Å². The van der Waals surface area contributed by atoms with E-state index in [1.165, 1.54) is 11.3 Å². The Morgan fingerprint density at radius 1 is 1.53 bits per heavy atom. The maximum Gasteiger partial charge on any atom is 0.250 e. The van der Waals surface area contributed by atoms with Crippen molar-refractivity contribution in [2.75, 3.05) is 12.4 Å². The van der Waals surface area contributed by atoms with Crippen molar-refractivity contribution in [1.29, 1.82) is 0 Å². The highest BCUT2D eigenvalue weighted by Crippen LogP contribution is 2.46. The average Bonchev–Trinajstić information content (AvgIpc) is 2.77. The summed E-state index contributed by atoms with van der Waals surface area (Å²) in [5.74, 6) is 0.528. The van der Waals surface area contributed by atoms with Gasteiger partial charge in [0.2, 0.25) is 10.0 Å². The lowest BCUT2D eigenvalue weighted by molar-refractivity contribution is 0.536. The van der Waals surface area contributed by atoms with E-state index in [1.807, 2.05) is 0 Å². The molecule has 84 valence electrons. The van der Waals surface area contributed by atoms with Crippen LogP contribution in [0.25, 0.3) is 0 Å². The molecule has 0 aromatic carbocycles. The van der Waals surface area contributed by atoms with E-state index >= 15 is 0 Å². The van der Waals surface area contributed by atoms with Gasteiger partial charge in [-0.1, -0.05) is 6.07 Å². The monoisotopic (exact) mass is 265 g/mol. The standard InChI is InChI=1S/C9H12ClNO2S2/c10-6-9(3-4-9)7-11-15(12,13)8-2-1-5-14-8/h1-2,5,11H,3-4,6-7H2. The van der Waals surface area contributed by atoms with Crippen molar-refractivity contribution in [2.24, 2.45) is 5.41 Å². The quantitative estimate of drug-likeness (QED) is 0.829. The largest absolute Gasteiger partial charge is 0.250 e. The lowest BCUT2D eigenvalue weighted by Gasteiger charge is -2.11. The predicted molar refractivity (Wildman–Crippen MR) is 61.9 cm³/mol. The summed E-state index contributed by atoms with van der Waals surface area (Å²) < 4.78 is 26.5. The molecule has 6 heteroatoms. The highest BCUT2D eigenvalue weighted by molar-refractivity contribution is 7.91. The van der Waals surface area contributed by atoms with Crippen LogP contribution < -0.4 is 4.72 Å². The third-order valence-electron chi connectivity index (χ3n) is 2.64. The molecule has 1 fully saturated rings. The van der Waals surface area contributed by atoms with Crippen molar-refractivity contribution >= 4 is 33.0 Å². The van der Waals surface area contributed by atoms with Gasteiger partial charge in [0, 0.05) is 12.4 Å². The van der Waals surface area contributed by atoms with Crippen molar-refractivity contribution in [2.45, 2.75) is 17.1 Å². The molecular weight excluding hydrogens is 254 g/mol. The maximum absolute atomic E-state index is 11.7. The Bertz CT molecular complexity index is 423. The fourth-order valence-corrected chi connectivity index (χ4v) is 3.83. The summed E-state index contributed by atoms with van der Waals surface area (Å²) >= 11 is 7.00. The van der Waals surface area contributed by atoms with Gasteiger partial charge in [0.15, 0.2) is 0 Å². The molecule has 1 aromatic heterocycles. The van der Waals surface area contributed by atoms with Gasteiger partial charge >= 0.3 is 0 Å². The number of alkyl halides is 1. The van der Waals surface area contributed by atoms with Crippen LogP contribution in [0.2, 0.25) is 0 Å². The molecule has 0 radical (unpaired) electrons. The zero-order valence-corrected chi connectivity index (χ0v) is 10.5. The second-order valence-electron chi connectivity index (χ2n) is 3.89. The van der Waals surface area contributed by atoms with Gasteiger partial charge in [-0.2, -0.15) is 0 Å². The molecule has 1 aliphatic rings. The Morgan fingerprint density at radius 3 is 2.73 bits per heavy atom. The van der Waals surface area contributed by atoms with Gasteiger partial charge < -0.3 is 0 Å². The molecule has 0 atom stereocenters. The van der Waals surface area contributed by atoms with E-state index in [0.717, 1.165) is 12.8 Å². The topological polar surface area (TPSA) is 46.2 Å². The van der Waals surface area contributed by atoms with E-state index in [9.17, 15) is 8.42 Å². The normalized spacial score (nSPS) is 19.0. The summed E-state index contributed by atoms with van der Waals surface area (Å²) in [6.45, 7) is 0.455. The summed E-state index contributed by atoms with van der Waals surface area (Å²) in [5, 5.41) is 1.75. The van der Waals surface area contributed by atoms with Gasteiger partial charge in [0.1, 0.15) is 4.21 Å². The molecule has 2 rings (SSSR count). The van der Waals surface area contributed by atoms with Gasteiger partial charge in [0.25, 0.3) is 0 Å². The molecule has 1 heterocycles. The first-order valence-electron chi connectivity index (χ1n) is 4.67. The fourth-order valence-electron chi connectivity index (χ4n) is 1.27. The van der Waals surface area contributed by atoms with Crippen LogP contribution >= 0.6 is 22.9 Å². The minimum Gasteiger partial charge on any atom is -0.210 e. The predicted octanol–water partition coefficient (Wildman–Crippen LogP) is 2.05. The smallest absolute Gasteiger partial charge is 0.210 e. The first-order valence-corrected chi connectivity index (χ1v) is 7.57. The minimum absolute atomic E-state index is 0.0197. The molecule has 1 saturated carbocycles. The third-order valence-corrected chi connectivity index (χ3v) is 6.00. The van der Waals surface area contributed by atoms with E-state index < -0.39 is 10.0 Å². The summed E-state index contributed by atoms with van der Waals surface area (Å²) in [6.07, 6.45) is 2.03. The van der Waals surface area contributed by atoms with Crippen molar-refractivity contribution in [3.63, 3.8) is 0 Å². The van der Waals surface area contributed by atoms with Crippen LogP contribution in [0.1, 0.15) is 12.8 Å². The minimum atomic E-state index is -3.31. The molecule has 0 bridgehead atoms. The first-order chi connectivity index (χ1) is 7.08. The van der Waals surface area contributed by atoms with Gasteiger partial charge in [-0.15, -0.1) is 22.9 Å². The Balaban J connectivity index is 2.00. The van der Waals surface area contributed by atoms with Crippen LogP contribution in [0.5, 0.6) is 0 Å². The maximum atomic E-state index is 11.7. The van der Waals surface area contributed by atoms with Gasteiger partial charge in [-0.05, 0) is 29.7 Å². The van der Waals surface area contributed by atoms with E-state index in [-0.39, 0.29) is 5.41 Å². The summed E-state index contributed by atoms with van der Waals surface area (Å²) in [5.41, 5.74) is 0.0197. The Hall–Kier alpha value is -0.100. The van der Waals surface area contributed by atoms with Crippen molar-refractivity contribution < 1.29 is 8.42 Å². The van der Waals surface area contributed by atoms with E-state index in [1.54, 1.807) is 17.5 Å². The average molecular weight is 266 g/mol. The number of rotatable bonds is 5. The molecule has 0 saturated heterocycles. The van der Waals surface area contributed by atoms with Crippen LogP contribution in [-0.2, 0) is 10.0 Å². The van der Waals surface area contributed by atoms with E-state index in [2.05, 4.69) is 4.72 Å². The fraction of sp³-hybridized carbons (Fsp3) is 0.556. The number of hydrogen-bond donors (Lipinski definition) is 1. The molecular formula is C9H12ClNO2S2. The summed E-state index contributed by atoms with van der Waals surface area (Å²) in [4.78, 5) is 0. The number of nitrogens with one attached hydrogen (secondary N) is 1. The van der Waals surface area contributed by atoms with Crippen molar-refractivity contribution in [3.05, 3.63) is 17.5 Å². The molecule has 3 nitrogen and oxygen atoms in total. The zero-order valence-electron chi connectivity index (χ0n) is 8.07. The second-order valence-corrected chi connectivity index (χ2v) is 7.10.